The van der Waals surface area contributed by atoms with Crippen LogP contribution in [0.25, 0.3) is 0 Å². The van der Waals surface area contributed by atoms with Crippen LogP contribution in [0.3, 0.4) is 0 Å². The predicted octanol–water partition coefficient (Wildman–Crippen LogP) is 4.59. The van der Waals surface area contributed by atoms with E-state index in [2.05, 4.69) is 0 Å². The van der Waals surface area contributed by atoms with Gasteiger partial charge < -0.3 is 47.4 Å². The Morgan fingerprint density at radius 1 is 0.286 bits per heavy atom. The fraction of sp³-hybridized carbons (Fsp3) is 0.625. The summed E-state index contributed by atoms with van der Waals surface area (Å²) in [5.74, 6) is 2.87. The molecule has 10 nitrogen and oxygen atoms in total. The van der Waals surface area contributed by atoms with Crippen molar-refractivity contribution in [3.63, 3.8) is 0 Å². The van der Waals surface area contributed by atoms with E-state index in [1.54, 1.807) is 0 Å². The standard InChI is InChI=1S/C32H46O10/c1-2-4-6-38-26-28-21-31-24-32(22-28)42-18-14-36-10-8-34-12-16-40-30-20-27(25-37-5-3-1)19-29(23-30)39-15-11-33-7-9-35-13-17-41-31/h19-24H,1-18,25-26H2. The van der Waals surface area contributed by atoms with Crippen LogP contribution in [0.15, 0.2) is 36.4 Å². The highest BCUT2D eigenvalue weighted by molar-refractivity contribution is 5.39. The average molecular weight is 591 g/mol. The second kappa shape index (κ2) is 20.3. The first-order valence-corrected chi connectivity index (χ1v) is 15.1. The number of hydrogen-bond donors (Lipinski definition) is 0. The molecule has 0 amide bonds. The van der Waals surface area contributed by atoms with Crippen LogP contribution in [0.2, 0.25) is 0 Å². The van der Waals surface area contributed by atoms with E-state index in [0.717, 1.165) is 59.8 Å². The van der Waals surface area contributed by atoms with Gasteiger partial charge in [-0.3, -0.25) is 0 Å². The molecule has 2 aromatic carbocycles. The Kier molecular flexibility index (Phi) is 15.6. The molecule has 5 rings (SSSR count). The zero-order valence-corrected chi connectivity index (χ0v) is 24.7. The predicted molar refractivity (Wildman–Crippen MR) is 156 cm³/mol. The molecule has 10 heteroatoms. The van der Waals surface area contributed by atoms with Crippen molar-refractivity contribution in [1.82, 2.24) is 0 Å². The van der Waals surface area contributed by atoms with E-state index in [1.165, 1.54) is 0 Å². The van der Waals surface area contributed by atoms with Gasteiger partial charge in [-0.05, 0) is 48.2 Å². The van der Waals surface area contributed by atoms with Gasteiger partial charge in [0.1, 0.15) is 49.4 Å². The van der Waals surface area contributed by atoms with Gasteiger partial charge in [0.2, 0.25) is 0 Å². The highest BCUT2D eigenvalue weighted by Gasteiger charge is 2.08. The maximum atomic E-state index is 5.97. The lowest BCUT2D eigenvalue weighted by atomic mass is 10.2. The smallest absolute Gasteiger partial charge is 0.123 e. The molecule has 0 radical (unpaired) electrons. The molecule has 42 heavy (non-hydrogen) atoms. The average Bonchev–Trinajstić information content (AvgIpc) is 2.99. The maximum absolute atomic E-state index is 5.97. The first-order chi connectivity index (χ1) is 20.8. The first kappa shape index (κ1) is 32.3. The fourth-order valence-corrected chi connectivity index (χ4v) is 4.42. The van der Waals surface area contributed by atoms with Crippen molar-refractivity contribution in [1.29, 1.82) is 0 Å². The van der Waals surface area contributed by atoms with Crippen LogP contribution in [0.4, 0.5) is 0 Å². The molecule has 0 N–H and O–H groups in total. The molecule has 3 aliphatic heterocycles. The van der Waals surface area contributed by atoms with Crippen LogP contribution in [-0.4, -0.2) is 92.5 Å². The van der Waals surface area contributed by atoms with E-state index in [1.807, 2.05) is 36.4 Å². The second-order valence-corrected chi connectivity index (χ2v) is 9.99. The van der Waals surface area contributed by atoms with E-state index < -0.39 is 0 Å². The Hall–Kier alpha value is -2.60. The zero-order chi connectivity index (χ0) is 28.9. The number of benzene rings is 2. The molecular weight excluding hydrogens is 544 g/mol. The van der Waals surface area contributed by atoms with Crippen molar-refractivity contribution in [2.24, 2.45) is 0 Å². The van der Waals surface area contributed by atoms with E-state index in [9.17, 15) is 0 Å². The Bertz CT molecular complexity index is 773. The van der Waals surface area contributed by atoms with Gasteiger partial charge >= 0.3 is 0 Å². The molecule has 0 aliphatic carbocycles. The van der Waals surface area contributed by atoms with E-state index >= 15 is 0 Å². The normalized spacial score (nSPS) is 20.1. The molecule has 0 atom stereocenters. The minimum Gasteiger partial charge on any atom is -0.491 e. The van der Waals surface area contributed by atoms with Crippen LogP contribution >= 0.6 is 0 Å². The highest BCUT2D eigenvalue weighted by atomic mass is 16.6. The minimum atomic E-state index is 0.417. The first-order valence-electron chi connectivity index (χ1n) is 15.1. The maximum Gasteiger partial charge on any atom is 0.123 e. The molecule has 0 unspecified atom stereocenters. The van der Waals surface area contributed by atoms with Crippen molar-refractivity contribution in [3.8, 4) is 23.0 Å². The van der Waals surface area contributed by atoms with E-state index in [-0.39, 0.29) is 0 Å². The molecule has 3 aliphatic rings. The monoisotopic (exact) mass is 590 g/mol. The van der Waals surface area contributed by atoms with E-state index in [0.29, 0.717) is 106 Å². The third kappa shape index (κ3) is 13.6. The van der Waals surface area contributed by atoms with Gasteiger partial charge in [0.15, 0.2) is 0 Å². The summed E-state index contributed by atoms with van der Waals surface area (Å²) in [6.07, 6.45) is 4.18. The van der Waals surface area contributed by atoms with Gasteiger partial charge in [0, 0.05) is 25.3 Å². The van der Waals surface area contributed by atoms with Crippen LogP contribution in [0.1, 0.15) is 36.8 Å². The molecule has 6 bridgehead atoms. The summed E-state index contributed by atoms with van der Waals surface area (Å²) in [5, 5.41) is 0. The SMILES string of the molecule is c1c2cc3cc1OCCOCCOCCOc1cc(cc(c1)OCCOCCOCCO3)COCCCCCCOC2. The van der Waals surface area contributed by atoms with Gasteiger partial charge in [-0.15, -0.1) is 0 Å². The molecule has 0 spiro atoms. The van der Waals surface area contributed by atoms with Crippen LogP contribution < -0.4 is 18.9 Å². The van der Waals surface area contributed by atoms with Crippen LogP contribution in [0.5, 0.6) is 23.0 Å². The summed E-state index contributed by atoms with van der Waals surface area (Å²) in [7, 11) is 0. The third-order valence-electron chi connectivity index (χ3n) is 6.47. The topological polar surface area (TPSA) is 92.3 Å². The van der Waals surface area contributed by atoms with Crippen molar-refractivity contribution >= 4 is 0 Å². The summed E-state index contributed by atoms with van der Waals surface area (Å²) in [6.45, 7) is 7.73. The largest absolute Gasteiger partial charge is 0.491 e. The Labute approximate surface area is 249 Å². The number of ether oxygens (including phenoxy) is 10. The summed E-state index contributed by atoms with van der Waals surface area (Å²) in [6, 6.07) is 11.7. The molecule has 234 valence electrons. The van der Waals surface area contributed by atoms with Gasteiger partial charge in [-0.1, -0.05) is 12.8 Å². The Balaban J connectivity index is 1.42. The summed E-state index contributed by atoms with van der Waals surface area (Å²) in [4.78, 5) is 0. The Morgan fingerprint density at radius 2 is 0.595 bits per heavy atom. The lowest BCUT2D eigenvalue weighted by molar-refractivity contribution is 0.0259. The van der Waals surface area contributed by atoms with Gasteiger partial charge in [0.25, 0.3) is 0 Å². The zero-order valence-electron chi connectivity index (χ0n) is 24.7. The van der Waals surface area contributed by atoms with Gasteiger partial charge in [0.05, 0.1) is 66.1 Å². The number of fused-ring (bicyclic) bond motifs is 27. The van der Waals surface area contributed by atoms with Crippen molar-refractivity contribution in [3.05, 3.63) is 47.5 Å². The van der Waals surface area contributed by atoms with E-state index in [4.69, 9.17) is 47.4 Å². The van der Waals surface area contributed by atoms with Gasteiger partial charge in [-0.2, -0.15) is 0 Å². The van der Waals surface area contributed by atoms with Gasteiger partial charge in [-0.25, -0.2) is 0 Å². The molecule has 3 heterocycles. The third-order valence-corrected chi connectivity index (χ3v) is 6.47. The molecule has 0 aromatic heterocycles. The molecule has 2 aromatic rings. The van der Waals surface area contributed by atoms with Crippen LogP contribution in [0, 0.1) is 0 Å². The molecule has 0 saturated heterocycles. The molecule has 0 fully saturated rings. The van der Waals surface area contributed by atoms with Crippen molar-refractivity contribution in [2.45, 2.75) is 38.9 Å². The van der Waals surface area contributed by atoms with Crippen molar-refractivity contribution < 1.29 is 47.4 Å². The highest BCUT2D eigenvalue weighted by Crippen LogP contribution is 2.25. The number of hydrogen-bond acceptors (Lipinski definition) is 10. The van der Waals surface area contributed by atoms with Crippen molar-refractivity contribution in [2.75, 3.05) is 92.5 Å². The molecule has 0 saturated carbocycles. The fourth-order valence-electron chi connectivity index (χ4n) is 4.42. The lowest BCUT2D eigenvalue weighted by Crippen LogP contribution is -2.14. The second-order valence-electron chi connectivity index (χ2n) is 9.99. The lowest BCUT2D eigenvalue weighted by Gasteiger charge is -2.14. The number of rotatable bonds is 0. The quantitative estimate of drug-likeness (QED) is 0.406. The van der Waals surface area contributed by atoms with Crippen LogP contribution in [-0.2, 0) is 41.6 Å². The summed E-state index contributed by atoms with van der Waals surface area (Å²) >= 11 is 0. The summed E-state index contributed by atoms with van der Waals surface area (Å²) in [5.41, 5.74) is 2.00. The molecular formula is C32H46O10. The minimum absolute atomic E-state index is 0.417. The Morgan fingerprint density at radius 3 is 0.929 bits per heavy atom. The summed E-state index contributed by atoms with van der Waals surface area (Å²) < 4.78 is 58.5.